The maximum Gasteiger partial charge on any atom is 0.320 e. The van der Waals surface area contributed by atoms with Crippen LogP contribution < -0.4 is 4.73 Å². The fourth-order valence-corrected chi connectivity index (χ4v) is 2.57. The van der Waals surface area contributed by atoms with E-state index in [1.54, 1.807) is 24.1 Å². The van der Waals surface area contributed by atoms with Gasteiger partial charge in [0, 0.05) is 25.7 Å². The molecular weight excluding hydrogens is 300 g/mol. The molecule has 0 saturated carbocycles. The number of pyridine rings is 1. The first-order chi connectivity index (χ1) is 11.6. The maximum atomic E-state index is 12.4. The summed E-state index contributed by atoms with van der Waals surface area (Å²) < 4.78 is 0.595. The van der Waals surface area contributed by atoms with E-state index in [0.29, 0.717) is 11.3 Å². The second-order valence-electron chi connectivity index (χ2n) is 5.64. The Kier molecular flexibility index (Phi) is 4.57. The average Bonchev–Trinajstić information content (AvgIpc) is 2.63. The highest BCUT2D eigenvalue weighted by Gasteiger charge is 2.19. The van der Waals surface area contributed by atoms with Crippen LogP contribution in [-0.2, 0) is 6.54 Å². The molecule has 1 amide bonds. The largest absolute Gasteiger partial charge is 0.618 e. The number of benzene rings is 2. The predicted octanol–water partition coefficient (Wildman–Crippen LogP) is 3.26. The molecule has 0 fully saturated rings. The van der Waals surface area contributed by atoms with Crippen LogP contribution in [-0.4, -0.2) is 17.9 Å². The monoisotopic (exact) mass is 318 g/mol. The van der Waals surface area contributed by atoms with Crippen LogP contribution in [0.15, 0.2) is 79.0 Å². The summed E-state index contributed by atoms with van der Waals surface area (Å²) in [6, 6.07) is 23.0. The highest BCUT2D eigenvalue weighted by molar-refractivity contribution is 5.90. The minimum atomic E-state index is -0.294. The van der Waals surface area contributed by atoms with Gasteiger partial charge in [-0.2, -0.15) is 4.73 Å². The van der Waals surface area contributed by atoms with E-state index in [4.69, 9.17) is 0 Å². The Balaban J connectivity index is 1.72. The molecule has 0 spiro atoms. The Labute approximate surface area is 141 Å². The third-order valence-corrected chi connectivity index (χ3v) is 3.87. The summed E-state index contributed by atoms with van der Waals surface area (Å²) >= 11 is 0. The molecule has 2 aromatic carbocycles. The molecule has 120 valence electrons. The maximum absolute atomic E-state index is 12.4. The minimum absolute atomic E-state index is 0.126. The number of aromatic nitrogens is 1. The zero-order chi connectivity index (χ0) is 16.9. The molecule has 4 nitrogen and oxygen atoms in total. The molecular formula is C20H18N2O2. The number of hydrogen-bond donors (Lipinski definition) is 0. The summed E-state index contributed by atoms with van der Waals surface area (Å²) in [4.78, 5) is 13.9. The third-order valence-electron chi connectivity index (χ3n) is 3.87. The van der Waals surface area contributed by atoms with Crippen LogP contribution in [0, 0.1) is 5.21 Å². The fraction of sp³-hybridized carbons (Fsp3) is 0.100. The van der Waals surface area contributed by atoms with Crippen LogP contribution in [0.1, 0.15) is 16.1 Å². The van der Waals surface area contributed by atoms with Gasteiger partial charge in [0.25, 0.3) is 5.69 Å². The quantitative estimate of drug-likeness (QED) is 0.547. The van der Waals surface area contributed by atoms with E-state index in [-0.39, 0.29) is 11.6 Å². The normalized spacial score (nSPS) is 10.4. The molecule has 0 aliphatic heterocycles. The standard InChI is InChI=1S/C20H18N2O2/c1-21(20(23)19-9-5-6-14-22(19)24)15-16-10-12-18(13-11-16)17-7-3-2-4-8-17/h2-14H,15H2,1H3. The van der Waals surface area contributed by atoms with E-state index in [1.165, 1.54) is 12.3 Å². The van der Waals surface area contributed by atoms with Crippen molar-refractivity contribution in [1.82, 2.24) is 4.90 Å². The first-order valence-electron chi connectivity index (χ1n) is 7.73. The zero-order valence-electron chi connectivity index (χ0n) is 13.4. The van der Waals surface area contributed by atoms with Crippen molar-refractivity contribution in [1.29, 1.82) is 0 Å². The van der Waals surface area contributed by atoms with E-state index in [1.807, 2.05) is 42.5 Å². The second kappa shape index (κ2) is 6.96. The second-order valence-corrected chi connectivity index (χ2v) is 5.64. The van der Waals surface area contributed by atoms with Crippen LogP contribution in [0.2, 0.25) is 0 Å². The van der Waals surface area contributed by atoms with Gasteiger partial charge in [0.05, 0.1) is 0 Å². The Morgan fingerprint density at radius 3 is 2.21 bits per heavy atom. The number of hydrogen-bond acceptors (Lipinski definition) is 2. The van der Waals surface area contributed by atoms with Gasteiger partial charge in [-0.25, -0.2) is 0 Å². The summed E-state index contributed by atoms with van der Waals surface area (Å²) in [5, 5.41) is 11.7. The van der Waals surface area contributed by atoms with Crippen molar-refractivity contribution < 1.29 is 9.52 Å². The molecule has 1 aromatic heterocycles. The lowest BCUT2D eigenvalue weighted by Gasteiger charge is -2.16. The molecule has 1 heterocycles. The van der Waals surface area contributed by atoms with Crippen molar-refractivity contribution >= 4 is 5.91 Å². The molecule has 3 aromatic rings. The number of carbonyl (C=O) groups excluding carboxylic acids is 1. The summed E-state index contributed by atoms with van der Waals surface area (Å²) in [6.45, 7) is 0.447. The molecule has 4 heteroatoms. The first-order valence-corrected chi connectivity index (χ1v) is 7.73. The Morgan fingerprint density at radius 2 is 1.54 bits per heavy atom. The SMILES string of the molecule is CN(Cc1ccc(-c2ccccc2)cc1)C(=O)c1cccc[n+]1[O-]. The highest BCUT2D eigenvalue weighted by atomic mass is 16.5. The van der Waals surface area contributed by atoms with Gasteiger partial charge in [-0.15, -0.1) is 0 Å². The fourth-order valence-electron chi connectivity index (χ4n) is 2.57. The van der Waals surface area contributed by atoms with Gasteiger partial charge in [0.1, 0.15) is 0 Å². The summed E-state index contributed by atoms with van der Waals surface area (Å²) in [7, 11) is 1.69. The first kappa shape index (κ1) is 15.7. The van der Waals surface area contributed by atoms with Crippen LogP contribution in [0.25, 0.3) is 11.1 Å². The number of carbonyl (C=O) groups is 1. The topological polar surface area (TPSA) is 47.2 Å². The third kappa shape index (κ3) is 3.43. The lowest BCUT2D eigenvalue weighted by Crippen LogP contribution is -2.39. The van der Waals surface area contributed by atoms with Gasteiger partial charge in [0.15, 0.2) is 6.20 Å². The van der Waals surface area contributed by atoms with Gasteiger partial charge >= 0.3 is 5.91 Å². The summed E-state index contributed by atoms with van der Waals surface area (Å²) in [5.41, 5.74) is 3.43. The van der Waals surface area contributed by atoms with Gasteiger partial charge < -0.3 is 10.1 Å². The molecule has 0 saturated heterocycles. The number of nitrogens with zero attached hydrogens (tertiary/aromatic N) is 2. The van der Waals surface area contributed by atoms with E-state index in [2.05, 4.69) is 12.1 Å². The Morgan fingerprint density at radius 1 is 0.917 bits per heavy atom. The summed E-state index contributed by atoms with van der Waals surface area (Å²) in [5.74, 6) is -0.294. The van der Waals surface area contributed by atoms with Gasteiger partial charge in [-0.3, -0.25) is 4.79 Å². The summed E-state index contributed by atoms with van der Waals surface area (Å²) in [6.07, 6.45) is 1.33. The van der Waals surface area contributed by atoms with E-state index in [9.17, 15) is 10.0 Å². The van der Waals surface area contributed by atoms with Gasteiger partial charge in [-0.05, 0) is 22.8 Å². The number of amides is 1. The lowest BCUT2D eigenvalue weighted by molar-refractivity contribution is -0.608. The molecule has 0 aliphatic rings. The van der Waals surface area contributed by atoms with Crippen molar-refractivity contribution in [3.05, 3.63) is 95.5 Å². The molecule has 3 rings (SSSR count). The average molecular weight is 318 g/mol. The van der Waals surface area contributed by atoms with Crippen LogP contribution in [0.3, 0.4) is 0 Å². The molecule has 0 unspecified atom stereocenters. The zero-order valence-corrected chi connectivity index (χ0v) is 13.4. The van der Waals surface area contributed by atoms with Crippen LogP contribution in [0.5, 0.6) is 0 Å². The van der Waals surface area contributed by atoms with Crippen LogP contribution in [0.4, 0.5) is 0 Å². The van der Waals surface area contributed by atoms with E-state index >= 15 is 0 Å². The van der Waals surface area contributed by atoms with Crippen LogP contribution >= 0.6 is 0 Å². The number of rotatable bonds is 4. The van der Waals surface area contributed by atoms with E-state index < -0.39 is 0 Å². The predicted molar refractivity (Wildman–Crippen MR) is 93.1 cm³/mol. The van der Waals surface area contributed by atoms with Gasteiger partial charge in [0.2, 0.25) is 0 Å². The van der Waals surface area contributed by atoms with Crippen molar-refractivity contribution in [2.75, 3.05) is 7.05 Å². The van der Waals surface area contributed by atoms with Crippen molar-refractivity contribution in [2.24, 2.45) is 0 Å². The Bertz CT molecular complexity index is 830. The molecule has 0 bridgehead atoms. The molecule has 0 radical (unpaired) electrons. The molecule has 0 aliphatic carbocycles. The van der Waals surface area contributed by atoms with E-state index in [0.717, 1.165) is 16.7 Å². The van der Waals surface area contributed by atoms with Gasteiger partial charge in [-0.1, -0.05) is 54.6 Å². The van der Waals surface area contributed by atoms with Crippen molar-refractivity contribution in [3.8, 4) is 11.1 Å². The minimum Gasteiger partial charge on any atom is -0.618 e. The smallest absolute Gasteiger partial charge is 0.320 e. The van der Waals surface area contributed by atoms with Crippen molar-refractivity contribution in [2.45, 2.75) is 6.54 Å². The molecule has 0 atom stereocenters. The molecule has 0 N–H and O–H groups in total. The van der Waals surface area contributed by atoms with Crippen molar-refractivity contribution in [3.63, 3.8) is 0 Å². The lowest BCUT2D eigenvalue weighted by atomic mass is 10.0. The molecule has 24 heavy (non-hydrogen) atoms. The highest BCUT2D eigenvalue weighted by Crippen LogP contribution is 2.19. The Hall–Kier alpha value is -3.14.